The number of nitrogens with one attached hydrogen (secondary N) is 1. The van der Waals surface area contributed by atoms with Gasteiger partial charge in [0.1, 0.15) is 5.75 Å². The summed E-state index contributed by atoms with van der Waals surface area (Å²) >= 11 is 0. The molecule has 0 saturated carbocycles. The third kappa shape index (κ3) is 6.29. The fourth-order valence-electron chi connectivity index (χ4n) is 4.36. The number of ether oxygens (including phenoxy) is 2. The molecule has 2 aliphatic heterocycles. The van der Waals surface area contributed by atoms with Gasteiger partial charge in [-0.15, -0.1) is 0 Å². The lowest BCUT2D eigenvalue weighted by Gasteiger charge is -2.32. The van der Waals surface area contributed by atoms with Crippen molar-refractivity contribution in [3.63, 3.8) is 0 Å². The highest BCUT2D eigenvalue weighted by Gasteiger charge is 2.21. The average molecular weight is 424 g/mol. The van der Waals surface area contributed by atoms with E-state index >= 15 is 0 Å². The maximum absolute atomic E-state index is 12.8. The predicted octanol–water partition coefficient (Wildman–Crippen LogP) is 2.92. The van der Waals surface area contributed by atoms with Crippen LogP contribution in [0.1, 0.15) is 34.3 Å². The van der Waals surface area contributed by atoms with Gasteiger partial charge < -0.3 is 14.8 Å². The van der Waals surface area contributed by atoms with Gasteiger partial charge in [0.15, 0.2) is 0 Å². The zero-order valence-electron chi connectivity index (χ0n) is 18.4. The van der Waals surface area contributed by atoms with Crippen LogP contribution >= 0.6 is 0 Å². The van der Waals surface area contributed by atoms with E-state index in [0.717, 1.165) is 76.6 Å². The second kappa shape index (κ2) is 10.8. The molecule has 0 spiro atoms. The number of amides is 1. The van der Waals surface area contributed by atoms with Crippen LogP contribution < -0.4 is 10.1 Å². The summed E-state index contributed by atoms with van der Waals surface area (Å²) in [6.07, 6.45) is 1.95. The van der Waals surface area contributed by atoms with Gasteiger partial charge in [-0.3, -0.25) is 14.6 Å². The number of rotatable bonds is 7. The summed E-state index contributed by atoms with van der Waals surface area (Å²) in [5.74, 6) is 0.936. The number of methoxy groups -OCH3 is 1. The molecule has 4 rings (SSSR count). The Balaban J connectivity index is 1.25. The lowest BCUT2D eigenvalue weighted by atomic mass is 10.0. The molecule has 0 aliphatic carbocycles. The zero-order chi connectivity index (χ0) is 21.5. The van der Waals surface area contributed by atoms with E-state index in [1.54, 1.807) is 7.11 Å². The van der Waals surface area contributed by atoms with Crippen molar-refractivity contribution in [3.8, 4) is 5.75 Å². The summed E-state index contributed by atoms with van der Waals surface area (Å²) in [5.41, 5.74) is 3.20. The molecule has 0 unspecified atom stereocenters. The molecule has 6 heteroatoms. The molecule has 1 amide bonds. The van der Waals surface area contributed by atoms with Crippen molar-refractivity contribution in [1.82, 2.24) is 15.1 Å². The van der Waals surface area contributed by atoms with E-state index in [4.69, 9.17) is 9.47 Å². The van der Waals surface area contributed by atoms with Crippen molar-refractivity contribution in [2.75, 3.05) is 46.5 Å². The first-order valence-electron chi connectivity index (χ1n) is 11.2. The van der Waals surface area contributed by atoms with Crippen LogP contribution in [0.3, 0.4) is 0 Å². The highest BCUT2D eigenvalue weighted by molar-refractivity contribution is 5.94. The minimum absolute atomic E-state index is 0.0371. The molecule has 2 saturated heterocycles. The Bertz CT molecular complexity index is 859. The molecule has 1 N–H and O–H groups in total. The first-order chi connectivity index (χ1) is 15.2. The number of hydrogen-bond acceptors (Lipinski definition) is 5. The number of likely N-dealkylation sites (tertiary alicyclic amines) is 1. The fraction of sp³-hybridized carbons (Fsp3) is 0.480. The standard InChI is InChI=1S/C25H33N3O3/c1-30-24-7-3-5-21(17-24)19-27-10-8-23(9-11-27)26-25(29)22-6-2-4-20(16-22)18-28-12-14-31-15-13-28/h2-7,16-17,23H,8-15,18-19H2,1H3,(H,26,29). The van der Waals surface area contributed by atoms with E-state index in [1.807, 2.05) is 30.3 Å². The van der Waals surface area contributed by atoms with E-state index in [-0.39, 0.29) is 11.9 Å². The number of morpholine rings is 1. The molecule has 2 aliphatic rings. The van der Waals surface area contributed by atoms with Crippen molar-refractivity contribution < 1.29 is 14.3 Å². The van der Waals surface area contributed by atoms with Crippen molar-refractivity contribution in [1.29, 1.82) is 0 Å². The third-order valence-corrected chi connectivity index (χ3v) is 6.16. The van der Waals surface area contributed by atoms with Gasteiger partial charge in [0, 0.05) is 50.9 Å². The minimum Gasteiger partial charge on any atom is -0.497 e. The summed E-state index contributed by atoms with van der Waals surface area (Å²) in [7, 11) is 1.70. The molecule has 31 heavy (non-hydrogen) atoms. The normalized spacial score (nSPS) is 18.6. The second-order valence-corrected chi connectivity index (χ2v) is 8.46. The van der Waals surface area contributed by atoms with Gasteiger partial charge in [0.25, 0.3) is 5.91 Å². The molecular weight excluding hydrogens is 390 g/mol. The third-order valence-electron chi connectivity index (χ3n) is 6.16. The topological polar surface area (TPSA) is 54.0 Å². The van der Waals surface area contributed by atoms with Crippen LogP contribution in [0.4, 0.5) is 0 Å². The van der Waals surface area contributed by atoms with Crippen LogP contribution in [0, 0.1) is 0 Å². The maximum atomic E-state index is 12.8. The SMILES string of the molecule is COc1cccc(CN2CCC(NC(=O)c3cccc(CN4CCOCC4)c3)CC2)c1. The Kier molecular flexibility index (Phi) is 7.57. The van der Waals surface area contributed by atoms with Gasteiger partial charge in [-0.25, -0.2) is 0 Å². The molecule has 0 radical (unpaired) electrons. The number of carbonyl (C=O) groups excluding carboxylic acids is 1. The Morgan fingerprint density at radius 2 is 1.61 bits per heavy atom. The van der Waals surface area contributed by atoms with Gasteiger partial charge >= 0.3 is 0 Å². The Morgan fingerprint density at radius 3 is 2.32 bits per heavy atom. The van der Waals surface area contributed by atoms with Crippen LogP contribution in [0.2, 0.25) is 0 Å². The second-order valence-electron chi connectivity index (χ2n) is 8.46. The lowest BCUT2D eigenvalue weighted by Crippen LogP contribution is -2.44. The monoisotopic (exact) mass is 423 g/mol. The van der Waals surface area contributed by atoms with E-state index in [1.165, 1.54) is 11.1 Å². The van der Waals surface area contributed by atoms with Gasteiger partial charge in [0.2, 0.25) is 0 Å². The van der Waals surface area contributed by atoms with Gasteiger partial charge in [-0.1, -0.05) is 24.3 Å². The van der Waals surface area contributed by atoms with Gasteiger partial charge in [-0.05, 0) is 48.2 Å². The van der Waals surface area contributed by atoms with Crippen molar-refractivity contribution in [2.24, 2.45) is 0 Å². The molecule has 0 aromatic heterocycles. The molecule has 2 heterocycles. The van der Waals surface area contributed by atoms with Crippen LogP contribution in [0.15, 0.2) is 48.5 Å². The Morgan fingerprint density at radius 1 is 0.968 bits per heavy atom. The largest absolute Gasteiger partial charge is 0.497 e. The summed E-state index contributed by atoms with van der Waals surface area (Å²) < 4.78 is 10.7. The molecule has 0 bridgehead atoms. The summed E-state index contributed by atoms with van der Waals surface area (Å²) in [5, 5.41) is 3.25. The number of nitrogens with zero attached hydrogens (tertiary/aromatic N) is 2. The molecular formula is C25H33N3O3. The first kappa shape index (κ1) is 21.8. The van der Waals surface area contributed by atoms with Gasteiger partial charge in [0.05, 0.1) is 20.3 Å². The number of piperidine rings is 1. The number of carbonyl (C=O) groups is 1. The highest BCUT2D eigenvalue weighted by Crippen LogP contribution is 2.18. The average Bonchev–Trinajstić information content (AvgIpc) is 2.81. The zero-order valence-corrected chi connectivity index (χ0v) is 18.4. The van der Waals surface area contributed by atoms with E-state index in [9.17, 15) is 4.79 Å². The quantitative estimate of drug-likeness (QED) is 0.742. The summed E-state index contributed by atoms with van der Waals surface area (Å²) in [6.45, 7) is 7.23. The van der Waals surface area contributed by atoms with Crippen LogP contribution in [0.5, 0.6) is 5.75 Å². The number of hydrogen-bond donors (Lipinski definition) is 1. The van der Waals surface area contributed by atoms with E-state index in [0.29, 0.717) is 0 Å². The van der Waals surface area contributed by atoms with E-state index in [2.05, 4.69) is 33.3 Å². The first-order valence-corrected chi connectivity index (χ1v) is 11.2. The van der Waals surface area contributed by atoms with Crippen molar-refractivity contribution in [2.45, 2.75) is 32.0 Å². The van der Waals surface area contributed by atoms with Crippen LogP contribution in [-0.2, 0) is 17.8 Å². The molecule has 6 nitrogen and oxygen atoms in total. The van der Waals surface area contributed by atoms with E-state index < -0.39 is 0 Å². The van der Waals surface area contributed by atoms with Crippen LogP contribution in [-0.4, -0.2) is 68.3 Å². The fourth-order valence-corrected chi connectivity index (χ4v) is 4.36. The van der Waals surface area contributed by atoms with Crippen molar-refractivity contribution in [3.05, 3.63) is 65.2 Å². The van der Waals surface area contributed by atoms with Gasteiger partial charge in [-0.2, -0.15) is 0 Å². The molecule has 2 aromatic carbocycles. The molecule has 0 atom stereocenters. The van der Waals surface area contributed by atoms with Crippen molar-refractivity contribution >= 4 is 5.91 Å². The maximum Gasteiger partial charge on any atom is 0.251 e. The summed E-state index contributed by atoms with van der Waals surface area (Å²) in [6, 6.07) is 16.5. The number of benzene rings is 2. The molecule has 2 aromatic rings. The summed E-state index contributed by atoms with van der Waals surface area (Å²) in [4.78, 5) is 17.6. The minimum atomic E-state index is 0.0371. The Hall–Kier alpha value is -2.41. The highest BCUT2D eigenvalue weighted by atomic mass is 16.5. The molecule has 2 fully saturated rings. The lowest BCUT2D eigenvalue weighted by molar-refractivity contribution is 0.0342. The smallest absolute Gasteiger partial charge is 0.251 e. The van der Waals surface area contributed by atoms with Crippen LogP contribution in [0.25, 0.3) is 0 Å². The predicted molar refractivity (Wildman–Crippen MR) is 121 cm³/mol. The molecule has 166 valence electrons. The Labute approximate surface area is 185 Å².